The van der Waals surface area contributed by atoms with Crippen molar-refractivity contribution in [3.63, 3.8) is 0 Å². The van der Waals surface area contributed by atoms with Crippen molar-refractivity contribution in [2.45, 2.75) is 25.5 Å². The molecular formula is C25H28N2O5. The number of amides is 1. The van der Waals surface area contributed by atoms with E-state index in [1.54, 1.807) is 31.4 Å². The van der Waals surface area contributed by atoms with E-state index in [4.69, 9.17) is 9.47 Å². The van der Waals surface area contributed by atoms with Crippen LogP contribution in [0.4, 0.5) is 0 Å². The summed E-state index contributed by atoms with van der Waals surface area (Å²) in [7, 11) is 5.38. The van der Waals surface area contributed by atoms with Crippen molar-refractivity contribution < 1.29 is 24.2 Å². The zero-order valence-corrected chi connectivity index (χ0v) is 18.8. The SMILES string of the molecule is COc1cccc(C2/C(=C(/O)c3ccc4c(c3)CC(C)O4)C(=O)C(=O)N2CCN(C)C)c1. The average Bonchev–Trinajstić information content (AvgIpc) is 3.27. The van der Waals surface area contributed by atoms with E-state index in [1.807, 2.05) is 44.1 Å². The normalized spacial score (nSPS) is 21.7. The predicted octanol–water partition coefficient (Wildman–Crippen LogP) is 3.00. The number of ether oxygens (including phenoxy) is 2. The van der Waals surface area contributed by atoms with E-state index in [1.165, 1.54) is 4.90 Å². The van der Waals surface area contributed by atoms with Crippen molar-refractivity contribution in [2.24, 2.45) is 0 Å². The Morgan fingerprint density at radius 3 is 2.72 bits per heavy atom. The van der Waals surface area contributed by atoms with Gasteiger partial charge in [-0.1, -0.05) is 12.1 Å². The molecule has 7 nitrogen and oxygen atoms in total. The summed E-state index contributed by atoms with van der Waals surface area (Å²) in [5.41, 5.74) is 2.28. The Morgan fingerprint density at radius 1 is 1.22 bits per heavy atom. The summed E-state index contributed by atoms with van der Waals surface area (Å²) in [6.45, 7) is 2.92. The van der Waals surface area contributed by atoms with Gasteiger partial charge in [-0.2, -0.15) is 0 Å². The summed E-state index contributed by atoms with van der Waals surface area (Å²) in [4.78, 5) is 29.6. The molecule has 1 saturated heterocycles. The number of aliphatic hydroxyl groups excluding tert-OH is 1. The Bertz CT molecular complexity index is 1090. The van der Waals surface area contributed by atoms with Crippen LogP contribution in [-0.4, -0.2) is 67.0 Å². The van der Waals surface area contributed by atoms with Gasteiger partial charge in [-0.15, -0.1) is 0 Å². The Kier molecular flexibility index (Phi) is 5.93. The minimum absolute atomic E-state index is 0.0655. The van der Waals surface area contributed by atoms with Crippen molar-refractivity contribution in [3.8, 4) is 11.5 Å². The highest BCUT2D eigenvalue weighted by Gasteiger charge is 2.46. The van der Waals surface area contributed by atoms with E-state index in [0.29, 0.717) is 30.0 Å². The van der Waals surface area contributed by atoms with Crippen molar-refractivity contribution >= 4 is 17.4 Å². The lowest BCUT2D eigenvalue weighted by Gasteiger charge is -2.26. The second-order valence-electron chi connectivity index (χ2n) is 8.53. The number of nitrogens with zero attached hydrogens (tertiary/aromatic N) is 2. The second kappa shape index (κ2) is 8.67. The minimum atomic E-state index is -0.700. The largest absolute Gasteiger partial charge is 0.507 e. The molecule has 168 valence electrons. The van der Waals surface area contributed by atoms with Gasteiger partial charge in [-0.05, 0) is 62.5 Å². The van der Waals surface area contributed by atoms with Crippen molar-refractivity contribution in [1.82, 2.24) is 9.80 Å². The van der Waals surface area contributed by atoms with Gasteiger partial charge in [0.05, 0.1) is 18.7 Å². The number of carbonyl (C=O) groups is 2. The van der Waals surface area contributed by atoms with E-state index in [0.717, 1.165) is 17.7 Å². The number of benzene rings is 2. The van der Waals surface area contributed by atoms with Crippen LogP contribution in [0.3, 0.4) is 0 Å². The lowest BCUT2D eigenvalue weighted by Crippen LogP contribution is -2.35. The van der Waals surface area contributed by atoms with Crippen LogP contribution < -0.4 is 9.47 Å². The highest BCUT2D eigenvalue weighted by Crippen LogP contribution is 2.41. The number of likely N-dealkylation sites (tertiary alicyclic amines) is 1. The number of likely N-dealkylation sites (N-methyl/N-ethyl adjacent to an activating group) is 1. The molecule has 0 saturated carbocycles. The maximum Gasteiger partial charge on any atom is 0.295 e. The number of rotatable bonds is 6. The molecule has 4 rings (SSSR count). The standard InChI is InChI=1S/C25H28N2O5/c1-15-12-18-13-17(8-9-20(18)32-15)23(28)21-22(16-6-5-7-19(14-16)31-4)27(11-10-26(2)3)25(30)24(21)29/h5-9,13-15,22,28H,10-12H2,1-4H3/b23-21-. The molecule has 32 heavy (non-hydrogen) atoms. The molecule has 2 atom stereocenters. The summed E-state index contributed by atoms with van der Waals surface area (Å²) in [6.07, 6.45) is 0.795. The molecule has 1 fully saturated rings. The number of ketones is 1. The first-order valence-electron chi connectivity index (χ1n) is 10.7. The molecule has 1 amide bonds. The first-order chi connectivity index (χ1) is 15.3. The number of methoxy groups -OCH3 is 1. The van der Waals surface area contributed by atoms with Crippen LogP contribution >= 0.6 is 0 Å². The molecule has 2 aromatic rings. The minimum Gasteiger partial charge on any atom is -0.507 e. The van der Waals surface area contributed by atoms with Gasteiger partial charge in [-0.25, -0.2) is 0 Å². The van der Waals surface area contributed by atoms with Crippen LogP contribution in [0, 0.1) is 0 Å². The Morgan fingerprint density at radius 2 is 2.00 bits per heavy atom. The lowest BCUT2D eigenvalue weighted by atomic mass is 9.94. The summed E-state index contributed by atoms with van der Waals surface area (Å²) >= 11 is 0. The average molecular weight is 437 g/mol. The Hall–Kier alpha value is -3.32. The number of carbonyl (C=O) groups excluding carboxylic acids is 2. The zero-order valence-electron chi connectivity index (χ0n) is 18.8. The van der Waals surface area contributed by atoms with Crippen LogP contribution in [0.15, 0.2) is 48.0 Å². The van der Waals surface area contributed by atoms with Crippen LogP contribution in [0.5, 0.6) is 11.5 Å². The summed E-state index contributed by atoms with van der Waals surface area (Å²) in [5.74, 6) is -0.0707. The predicted molar refractivity (Wildman–Crippen MR) is 121 cm³/mol. The first-order valence-corrected chi connectivity index (χ1v) is 10.7. The fourth-order valence-electron chi connectivity index (χ4n) is 4.30. The molecule has 0 radical (unpaired) electrons. The number of hydrogen-bond donors (Lipinski definition) is 1. The molecule has 2 aliphatic heterocycles. The Labute approximate surface area is 187 Å². The highest BCUT2D eigenvalue weighted by atomic mass is 16.5. The van der Waals surface area contributed by atoms with Gasteiger partial charge in [0.25, 0.3) is 11.7 Å². The second-order valence-corrected chi connectivity index (χ2v) is 8.53. The topological polar surface area (TPSA) is 79.3 Å². The maximum atomic E-state index is 13.1. The number of aliphatic hydroxyl groups is 1. The lowest BCUT2D eigenvalue weighted by molar-refractivity contribution is -0.140. The van der Waals surface area contributed by atoms with Crippen molar-refractivity contribution in [2.75, 3.05) is 34.3 Å². The fourth-order valence-corrected chi connectivity index (χ4v) is 4.30. The first kappa shape index (κ1) is 21.9. The summed E-state index contributed by atoms with van der Waals surface area (Å²) < 4.78 is 11.1. The van der Waals surface area contributed by atoms with Gasteiger partial charge in [0.15, 0.2) is 0 Å². The van der Waals surface area contributed by atoms with Gasteiger partial charge in [0.2, 0.25) is 0 Å². The number of fused-ring (bicyclic) bond motifs is 1. The quantitative estimate of drug-likeness (QED) is 0.426. The van der Waals surface area contributed by atoms with Crippen LogP contribution in [0.1, 0.15) is 29.7 Å². The molecule has 2 aliphatic rings. The van der Waals surface area contributed by atoms with Gasteiger partial charge >= 0.3 is 0 Å². The molecule has 2 unspecified atom stereocenters. The Balaban J connectivity index is 1.83. The number of hydrogen-bond acceptors (Lipinski definition) is 6. The van der Waals surface area contributed by atoms with Crippen molar-refractivity contribution in [1.29, 1.82) is 0 Å². The van der Waals surface area contributed by atoms with E-state index in [-0.39, 0.29) is 17.4 Å². The monoisotopic (exact) mass is 436 g/mol. The molecule has 2 aromatic carbocycles. The molecule has 2 heterocycles. The smallest absolute Gasteiger partial charge is 0.295 e. The highest BCUT2D eigenvalue weighted by molar-refractivity contribution is 6.46. The fraction of sp³-hybridized carbons (Fsp3) is 0.360. The van der Waals surface area contributed by atoms with E-state index >= 15 is 0 Å². The van der Waals surface area contributed by atoms with Gasteiger partial charge in [-0.3, -0.25) is 9.59 Å². The number of Topliss-reactive ketones (excluding diaryl/α,β-unsaturated/α-hetero) is 1. The van der Waals surface area contributed by atoms with Gasteiger partial charge < -0.3 is 24.4 Å². The molecule has 0 aliphatic carbocycles. The van der Waals surface area contributed by atoms with Crippen LogP contribution in [0.2, 0.25) is 0 Å². The van der Waals surface area contributed by atoms with E-state index in [2.05, 4.69) is 0 Å². The molecule has 1 N–H and O–H groups in total. The third kappa shape index (κ3) is 3.96. The molecule has 0 bridgehead atoms. The van der Waals surface area contributed by atoms with Gasteiger partial charge in [0, 0.05) is 25.1 Å². The van der Waals surface area contributed by atoms with E-state index < -0.39 is 17.7 Å². The molecular weight excluding hydrogens is 408 g/mol. The third-order valence-electron chi connectivity index (χ3n) is 5.91. The van der Waals surface area contributed by atoms with Crippen LogP contribution in [-0.2, 0) is 16.0 Å². The van der Waals surface area contributed by atoms with Gasteiger partial charge in [0.1, 0.15) is 23.4 Å². The zero-order chi connectivity index (χ0) is 23.0. The molecule has 0 spiro atoms. The maximum absolute atomic E-state index is 13.1. The summed E-state index contributed by atoms with van der Waals surface area (Å²) in [5, 5.41) is 11.3. The third-order valence-corrected chi connectivity index (χ3v) is 5.91. The van der Waals surface area contributed by atoms with Crippen LogP contribution in [0.25, 0.3) is 5.76 Å². The molecule has 0 aromatic heterocycles. The van der Waals surface area contributed by atoms with Crippen molar-refractivity contribution in [3.05, 3.63) is 64.7 Å². The van der Waals surface area contributed by atoms with E-state index in [9.17, 15) is 14.7 Å². The summed E-state index contributed by atoms with van der Waals surface area (Å²) in [6, 6.07) is 11.9. The molecule has 7 heteroatoms.